The van der Waals surface area contributed by atoms with Gasteiger partial charge in [0.15, 0.2) is 0 Å². The Morgan fingerprint density at radius 3 is 2.35 bits per heavy atom. The van der Waals surface area contributed by atoms with Crippen molar-refractivity contribution >= 4 is 0 Å². The van der Waals surface area contributed by atoms with E-state index in [1.165, 1.54) is 31.2 Å². The van der Waals surface area contributed by atoms with E-state index in [1.54, 1.807) is 11.1 Å². The van der Waals surface area contributed by atoms with Gasteiger partial charge in [0.2, 0.25) is 0 Å². The smallest absolute Gasteiger partial charge is 0.000812 e. The third kappa shape index (κ3) is 2.55. The predicted octanol–water partition coefficient (Wildman–Crippen LogP) is 3.45. The first-order chi connectivity index (χ1) is 8.19. The molecule has 17 heavy (non-hydrogen) atoms. The van der Waals surface area contributed by atoms with E-state index in [1.807, 2.05) is 0 Å². The van der Waals surface area contributed by atoms with Crippen LogP contribution >= 0.6 is 0 Å². The standard InChI is InChI=1S/C16H25N/c1-4-16(3,5-2)15-7-6-13-8-10-17-11-9-14(13)12-15/h6-7,12,17H,4-5,8-11H2,1-3H3. The molecule has 0 aliphatic carbocycles. The first-order valence-electron chi connectivity index (χ1n) is 7.02. The molecule has 0 spiro atoms. The molecule has 0 atom stereocenters. The quantitative estimate of drug-likeness (QED) is 0.840. The van der Waals surface area contributed by atoms with Gasteiger partial charge in [0.1, 0.15) is 0 Å². The Hall–Kier alpha value is -0.820. The Balaban J connectivity index is 2.35. The molecule has 1 heterocycles. The zero-order valence-corrected chi connectivity index (χ0v) is 11.5. The molecule has 0 amide bonds. The van der Waals surface area contributed by atoms with Gasteiger partial charge in [-0.15, -0.1) is 0 Å². The summed E-state index contributed by atoms with van der Waals surface area (Å²) >= 11 is 0. The fourth-order valence-electron chi connectivity index (χ4n) is 2.71. The highest BCUT2D eigenvalue weighted by molar-refractivity contribution is 5.37. The topological polar surface area (TPSA) is 12.0 Å². The molecule has 0 saturated carbocycles. The second-order valence-electron chi connectivity index (χ2n) is 5.50. The molecule has 1 aliphatic heterocycles. The maximum atomic E-state index is 3.48. The number of nitrogens with one attached hydrogen (secondary N) is 1. The molecule has 1 aromatic carbocycles. The van der Waals surface area contributed by atoms with Crippen LogP contribution < -0.4 is 5.32 Å². The van der Waals surface area contributed by atoms with Gasteiger partial charge in [0.25, 0.3) is 0 Å². The SMILES string of the molecule is CCC(C)(CC)c1ccc2c(c1)CCNCC2. The van der Waals surface area contributed by atoms with E-state index in [9.17, 15) is 0 Å². The van der Waals surface area contributed by atoms with Gasteiger partial charge in [-0.1, -0.05) is 39.0 Å². The Bertz CT molecular complexity index is 377. The lowest BCUT2D eigenvalue weighted by molar-refractivity contribution is 0.438. The summed E-state index contributed by atoms with van der Waals surface area (Å²) in [4.78, 5) is 0. The first-order valence-corrected chi connectivity index (χ1v) is 7.02. The third-order valence-corrected chi connectivity index (χ3v) is 4.61. The predicted molar refractivity (Wildman–Crippen MR) is 74.7 cm³/mol. The second-order valence-corrected chi connectivity index (χ2v) is 5.50. The second kappa shape index (κ2) is 5.22. The Morgan fingerprint density at radius 2 is 1.71 bits per heavy atom. The normalized spacial score (nSPS) is 16.4. The van der Waals surface area contributed by atoms with Crippen LogP contribution in [0.1, 0.15) is 50.3 Å². The molecule has 2 rings (SSSR count). The molecule has 0 unspecified atom stereocenters. The van der Waals surface area contributed by atoms with E-state index < -0.39 is 0 Å². The minimum absolute atomic E-state index is 0.356. The largest absolute Gasteiger partial charge is 0.316 e. The van der Waals surface area contributed by atoms with Crippen LogP contribution in [0.3, 0.4) is 0 Å². The van der Waals surface area contributed by atoms with Gasteiger partial charge < -0.3 is 5.32 Å². The summed E-state index contributed by atoms with van der Waals surface area (Å²) in [5.41, 5.74) is 5.01. The summed E-state index contributed by atoms with van der Waals surface area (Å²) in [7, 11) is 0. The van der Waals surface area contributed by atoms with Crippen LogP contribution in [0.25, 0.3) is 0 Å². The lowest BCUT2D eigenvalue weighted by Gasteiger charge is -2.28. The van der Waals surface area contributed by atoms with Crippen LogP contribution in [0, 0.1) is 0 Å². The van der Waals surface area contributed by atoms with E-state index in [4.69, 9.17) is 0 Å². The lowest BCUT2D eigenvalue weighted by atomic mass is 9.77. The highest BCUT2D eigenvalue weighted by atomic mass is 14.8. The molecule has 0 fully saturated rings. The van der Waals surface area contributed by atoms with E-state index in [2.05, 4.69) is 44.3 Å². The maximum Gasteiger partial charge on any atom is -0.000812 e. The van der Waals surface area contributed by atoms with Gasteiger partial charge in [-0.3, -0.25) is 0 Å². The fraction of sp³-hybridized carbons (Fsp3) is 0.625. The minimum Gasteiger partial charge on any atom is -0.316 e. The summed E-state index contributed by atoms with van der Waals surface area (Å²) in [6.07, 6.45) is 4.82. The van der Waals surface area contributed by atoms with Gasteiger partial charge in [0, 0.05) is 0 Å². The van der Waals surface area contributed by atoms with Crippen molar-refractivity contribution in [1.29, 1.82) is 0 Å². The lowest BCUT2D eigenvalue weighted by Crippen LogP contribution is -2.20. The van der Waals surface area contributed by atoms with Crippen molar-refractivity contribution in [3.05, 3.63) is 34.9 Å². The van der Waals surface area contributed by atoms with Crippen molar-refractivity contribution in [1.82, 2.24) is 5.32 Å². The summed E-state index contributed by atoms with van der Waals surface area (Å²) in [6.45, 7) is 9.26. The molecular formula is C16H25N. The molecule has 0 radical (unpaired) electrons. The van der Waals surface area contributed by atoms with Crippen molar-refractivity contribution < 1.29 is 0 Å². The number of fused-ring (bicyclic) bond motifs is 1. The van der Waals surface area contributed by atoms with Gasteiger partial charge in [0.05, 0.1) is 0 Å². The van der Waals surface area contributed by atoms with Crippen molar-refractivity contribution in [2.75, 3.05) is 13.1 Å². The van der Waals surface area contributed by atoms with Crippen LogP contribution in [0.15, 0.2) is 18.2 Å². The van der Waals surface area contributed by atoms with Crippen LogP contribution in [0.2, 0.25) is 0 Å². The molecule has 1 nitrogen and oxygen atoms in total. The minimum atomic E-state index is 0.356. The van der Waals surface area contributed by atoms with Gasteiger partial charge >= 0.3 is 0 Å². The highest BCUT2D eigenvalue weighted by Crippen LogP contribution is 2.32. The molecule has 0 bridgehead atoms. The Labute approximate surface area is 106 Å². The molecule has 0 aromatic heterocycles. The maximum absolute atomic E-state index is 3.48. The van der Waals surface area contributed by atoms with Crippen molar-refractivity contribution in [3.8, 4) is 0 Å². The first kappa shape index (κ1) is 12.6. The fourth-order valence-corrected chi connectivity index (χ4v) is 2.71. The Morgan fingerprint density at radius 1 is 1.06 bits per heavy atom. The van der Waals surface area contributed by atoms with Crippen LogP contribution in [-0.4, -0.2) is 13.1 Å². The van der Waals surface area contributed by atoms with Crippen molar-refractivity contribution in [3.63, 3.8) is 0 Å². The number of rotatable bonds is 3. The van der Waals surface area contributed by atoms with Crippen LogP contribution in [-0.2, 0) is 18.3 Å². The molecule has 1 heteroatoms. The molecule has 1 aromatic rings. The molecule has 94 valence electrons. The Kier molecular flexibility index (Phi) is 3.88. The number of hydrogen-bond acceptors (Lipinski definition) is 1. The molecule has 1 N–H and O–H groups in total. The molecule has 0 saturated heterocycles. The van der Waals surface area contributed by atoms with Gasteiger partial charge in [-0.25, -0.2) is 0 Å². The molecule has 1 aliphatic rings. The third-order valence-electron chi connectivity index (χ3n) is 4.61. The van der Waals surface area contributed by atoms with E-state index in [0.29, 0.717) is 5.41 Å². The van der Waals surface area contributed by atoms with Crippen LogP contribution in [0.4, 0.5) is 0 Å². The average molecular weight is 231 g/mol. The zero-order chi connectivity index (χ0) is 12.3. The zero-order valence-electron chi connectivity index (χ0n) is 11.5. The van der Waals surface area contributed by atoms with Gasteiger partial charge in [-0.05, 0) is 60.9 Å². The highest BCUT2D eigenvalue weighted by Gasteiger charge is 2.23. The van der Waals surface area contributed by atoms with Crippen molar-refractivity contribution in [2.24, 2.45) is 0 Å². The average Bonchev–Trinajstić information content (AvgIpc) is 2.62. The van der Waals surface area contributed by atoms with E-state index in [0.717, 1.165) is 13.1 Å². The summed E-state index contributed by atoms with van der Waals surface area (Å²) in [5, 5.41) is 3.48. The van der Waals surface area contributed by atoms with Crippen molar-refractivity contribution in [2.45, 2.75) is 51.9 Å². The summed E-state index contributed by atoms with van der Waals surface area (Å²) in [6, 6.07) is 7.19. The summed E-state index contributed by atoms with van der Waals surface area (Å²) in [5.74, 6) is 0. The molecular weight excluding hydrogens is 206 g/mol. The summed E-state index contributed by atoms with van der Waals surface area (Å²) < 4.78 is 0. The number of benzene rings is 1. The van der Waals surface area contributed by atoms with Crippen LogP contribution in [0.5, 0.6) is 0 Å². The number of hydrogen-bond donors (Lipinski definition) is 1. The van der Waals surface area contributed by atoms with Gasteiger partial charge in [-0.2, -0.15) is 0 Å². The van der Waals surface area contributed by atoms with E-state index in [-0.39, 0.29) is 0 Å². The van der Waals surface area contributed by atoms with E-state index >= 15 is 0 Å². The monoisotopic (exact) mass is 231 g/mol.